The van der Waals surface area contributed by atoms with E-state index in [0.29, 0.717) is 17.3 Å². The molecule has 6 nitrogen and oxygen atoms in total. The lowest BCUT2D eigenvalue weighted by molar-refractivity contribution is 0.985. The first-order valence-electron chi connectivity index (χ1n) is 8.80. The molecule has 6 heteroatoms. The van der Waals surface area contributed by atoms with Crippen molar-refractivity contribution in [3.8, 4) is 0 Å². The standard InChI is InChI=1S/C21H20N6/c1-2-27(18-9-5-7-15-6-3-4-8-17(15)18)21-19(22)20(24-14-25-21)26-16-10-12-23-13-11-16/h3-14H,2,22H2,1H3,(H,23,24,25,26). The van der Waals surface area contributed by atoms with Crippen molar-refractivity contribution >= 4 is 39.5 Å². The zero-order chi connectivity index (χ0) is 18.6. The molecule has 0 atom stereocenters. The summed E-state index contributed by atoms with van der Waals surface area (Å²) in [5.74, 6) is 1.25. The van der Waals surface area contributed by atoms with Crippen LogP contribution in [-0.4, -0.2) is 21.5 Å². The summed E-state index contributed by atoms with van der Waals surface area (Å²) in [4.78, 5) is 14.9. The van der Waals surface area contributed by atoms with E-state index in [1.54, 1.807) is 12.4 Å². The Morgan fingerprint density at radius 3 is 2.56 bits per heavy atom. The van der Waals surface area contributed by atoms with Crippen molar-refractivity contribution < 1.29 is 0 Å². The Kier molecular flexibility index (Phi) is 4.53. The van der Waals surface area contributed by atoms with Gasteiger partial charge in [-0.05, 0) is 30.5 Å². The number of nitrogens with zero attached hydrogens (tertiary/aromatic N) is 4. The molecule has 0 spiro atoms. The minimum atomic E-state index is 0.504. The summed E-state index contributed by atoms with van der Waals surface area (Å²) >= 11 is 0. The molecule has 0 fully saturated rings. The molecular weight excluding hydrogens is 336 g/mol. The van der Waals surface area contributed by atoms with Gasteiger partial charge in [0.05, 0.1) is 5.69 Å². The van der Waals surface area contributed by atoms with E-state index in [1.165, 1.54) is 11.7 Å². The Labute approximate surface area is 157 Å². The second-order valence-electron chi connectivity index (χ2n) is 6.06. The number of nitrogen functional groups attached to an aromatic ring is 1. The first kappa shape index (κ1) is 16.8. The Morgan fingerprint density at radius 1 is 0.963 bits per heavy atom. The summed E-state index contributed by atoms with van der Waals surface area (Å²) < 4.78 is 0. The van der Waals surface area contributed by atoms with Crippen molar-refractivity contribution in [2.75, 3.05) is 22.5 Å². The molecule has 0 aliphatic carbocycles. The van der Waals surface area contributed by atoms with Gasteiger partial charge in [0.15, 0.2) is 11.6 Å². The fraction of sp³-hybridized carbons (Fsp3) is 0.0952. The van der Waals surface area contributed by atoms with Crippen LogP contribution in [0.2, 0.25) is 0 Å². The lowest BCUT2D eigenvalue weighted by Gasteiger charge is -2.25. The summed E-state index contributed by atoms with van der Waals surface area (Å²) in [6.07, 6.45) is 4.97. The molecule has 27 heavy (non-hydrogen) atoms. The molecule has 0 amide bonds. The molecule has 0 bridgehead atoms. The molecule has 0 aliphatic heterocycles. The molecule has 0 saturated carbocycles. The number of rotatable bonds is 5. The van der Waals surface area contributed by atoms with Crippen LogP contribution < -0.4 is 16.0 Å². The average Bonchev–Trinajstić information content (AvgIpc) is 2.72. The third-order valence-electron chi connectivity index (χ3n) is 4.44. The van der Waals surface area contributed by atoms with Gasteiger partial charge in [-0.2, -0.15) is 0 Å². The van der Waals surface area contributed by atoms with Gasteiger partial charge in [0, 0.05) is 30.0 Å². The van der Waals surface area contributed by atoms with E-state index >= 15 is 0 Å². The van der Waals surface area contributed by atoms with E-state index in [-0.39, 0.29) is 0 Å². The minimum Gasteiger partial charge on any atom is -0.393 e. The van der Waals surface area contributed by atoms with Crippen LogP contribution in [0.4, 0.5) is 28.7 Å². The molecule has 2 heterocycles. The predicted octanol–water partition coefficient (Wildman–Crippen LogP) is 4.51. The first-order chi connectivity index (χ1) is 13.3. The van der Waals surface area contributed by atoms with E-state index in [1.807, 2.05) is 30.3 Å². The average molecular weight is 356 g/mol. The van der Waals surface area contributed by atoms with Gasteiger partial charge in [-0.3, -0.25) is 4.98 Å². The second-order valence-corrected chi connectivity index (χ2v) is 6.06. The predicted molar refractivity (Wildman–Crippen MR) is 111 cm³/mol. The van der Waals surface area contributed by atoms with Gasteiger partial charge < -0.3 is 16.0 Å². The zero-order valence-electron chi connectivity index (χ0n) is 15.0. The van der Waals surface area contributed by atoms with Crippen LogP contribution in [0.15, 0.2) is 73.3 Å². The van der Waals surface area contributed by atoms with Crippen LogP contribution in [0.1, 0.15) is 6.92 Å². The van der Waals surface area contributed by atoms with Crippen LogP contribution >= 0.6 is 0 Å². The molecule has 134 valence electrons. The highest BCUT2D eigenvalue weighted by Crippen LogP contribution is 2.36. The molecular formula is C21H20N6. The van der Waals surface area contributed by atoms with E-state index < -0.39 is 0 Å². The minimum absolute atomic E-state index is 0.504. The Balaban J connectivity index is 1.78. The largest absolute Gasteiger partial charge is 0.393 e. The number of aromatic nitrogens is 3. The third kappa shape index (κ3) is 3.25. The van der Waals surface area contributed by atoms with Crippen LogP contribution in [0, 0.1) is 0 Å². The third-order valence-corrected chi connectivity index (χ3v) is 4.44. The van der Waals surface area contributed by atoms with Crippen LogP contribution in [0.5, 0.6) is 0 Å². The molecule has 2 aromatic carbocycles. The first-order valence-corrected chi connectivity index (χ1v) is 8.80. The summed E-state index contributed by atoms with van der Waals surface area (Å²) in [6, 6.07) is 18.3. The zero-order valence-corrected chi connectivity index (χ0v) is 15.0. The number of benzene rings is 2. The van der Waals surface area contributed by atoms with Crippen molar-refractivity contribution in [3.63, 3.8) is 0 Å². The van der Waals surface area contributed by atoms with E-state index in [2.05, 4.69) is 56.4 Å². The van der Waals surface area contributed by atoms with Crippen molar-refractivity contribution in [3.05, 3.63) is 73.3 Å². The Hall–Kier alpha value is -3.67. The maximum atomic E-state index is 6.44. The molecule has 2 aromatic heterocycles. The fourth-order valence-corrected chi connectivity index (χ4v) is 3.15. The summed E-state index contributed by atoms with van der Waals surface area (Å²) in [5.41, 5.74) is 8.88. The van der Waals surface area contributed by atoms with E-state index in [9.17, 15) is 0 Å². The molecule has 0 radical (unpaired) electrons. The molecule has 0 aliphatic rings. The normalized spacial score (nSPS) is 10.7. The van der Waals surface area contributed by atoms with Crippen LogP contribution in [0.25, 0.3) is 10.8 Å². The van der Waals surface area contributed by atoms with Gasteiger partial charge in [-0.25, -0.2) is 9.97 Å². The van der Waals surface area contributed by atoms with Crippen molar-refractivity contribution in [2.24, 2.45) is 0 Å². The number of nitrogens with two attached hydrogens (primary N) is 1. The molecule has 3 N–H and O–H groups in total. The second kappa shape index (κ2) is 7.29. The highest BCUT2D eigenvalue weighted by molar-refractivity contribution is 5.97. The number of pyridine rings is 1. The molecule has 4 rings (SSSR count). The lowest BCUT2D eigenvalue weighted by atomic mass is 10.1. The Bertz CT molecular complexity index is 1060. The van der Waals surface area contributed by atoms with Gasteiger partial charge in [-0.15, -0.1) is 0 Å². The monoisotopic (exact) mass is 356 g/mol. The SMILES string of the molecule is CCN(c1ncnc(Nc2ccncc2)c1N)c1cccc2ccccc12. The van der Waals surface area contributed by atoms with Crippen molar-refractivity contribution in [1.82, 2.24) is 15.0 Å². The summed E-state index contributed by atoms with van der Waals surface area (Å²) in [7, 11) is 0. The smallest absolute Gasteiger partial charge is 0.161 e. The van der Waals surface area contributed by atoms with Gasteiger partial charge >= 0.3 is 0 Å². The fourth-order valence-electron chi connectivity index (χ4n) is 3.15. The Morgan fingerprint density at radius 2 is 1.74 bits per heavy atom. The number of hydrogen-bond donors (Lipinski definition) is 2. The summed E-state index contributed by atoms with van der Waals surface area (Å²) in [6.45, 7) is 2.81. The number of nitrogens with one attached hydrogen (secondary N) is 1. The quantitative estimate of drug-likeness (QED) is 0.548. The van der Waals surface area contributed by atoms with Gasteiger partial charge in [-0.1, -0.05) is 36.4 Å². The highest BCUT2D eigenvalue weighted by atomic mass is 15.2. The number of anilines is 5. The summed E-state index contributed by atoms with van der Waals surface area (Å²) in [5, 5.41) is 5.57. The maximum absolute atomic E-state index is 6.44. The van der Waals surface area contributed by atoms with Crippen LogP contribution in [0.3, 0.4) is 0 Å². The number of fused-ring (bicyclic) bond motifs is 1. The van der Waals surface area contributed by atoms with E-state index in [0.717, 1.165) is 23.3 Å². The van der Waals surface area contributed by atoms with Crippen molar-refractivity contribution in [2.45, 2.75) is 6.92 Å². The van der Waals surface area contributed by atoms with Gasteiger partial charge in [0.2, 0.25) is 0 Å². The van der Waals surface area contributed by atoms with Gasteiger partial charge in [0.25, 0.3) is 0 Å². The highest BCUT2D eigenvalue weighted by Gasteiger charge is 2.17. The molecule has 0 unspecified atom stereocenters. The molecule has 4 aromatic rings. The van der Waals surface area contributed by atoms with E-state index in [4.69, 9.17) is 5.73 Å². The molecule has 0 saturated heterocycles. The van der Waals surface area contributed by atoms with Crippen molar-refractivity contribution in [1.29, 1.82) is 0 Å². The maximum Gasteiger partial charge on any atom is 0.161 e. The number of hydrogen-bond acceptors (Lipinski definition) is 6. The topological polar surface area (TPSA) is 80.0 Å². The lowest BCUT2D eigenvalue weighted by Crippen LogP contribution is -2.20. The van der Waals surface area contributed by atoms with Gasteiger partial charge in [0.1, 0.15) is 12.0 Å². The van der Waals surface area contributed by atoms with Crippen LogP contribution in [-0.2, 0) is 0 Å².